The first-order valence-electron chi connectivity index (χ1n) is 9.35. The molecule has 2 aromatic carbocycles. The number of anilines is 2. The van der Waals surface area contributed by atoms with Crippen molar-refractivity contribution in [2.75, 3.05) is 17.2 Å². The highest BCUT2D eigenvalue weighted by Gasteiger charge is 2.39. The number of carbonyl (C=O) groups is 2. The van der Waals surface area contributed by atoms with E-state index in [0.717, 1.165) is 6.07 Å². The largest absolute Gasteiger partial charge is 0.343 e. The third kappa shape index (κ3) is 3.65. The maximum Gasteiger partial charge on any atom is 0.285 e. The number of amides is 2. The van der Waals surface area contributed by atoms with E-state index < -0.39 is 27.8 Å². The number of nitrogens with one attached hydrogen (secondary N) is 2. The van der Waals surface area contributed by atoms with E-state index in [-0.39, 0.29) is 22.3 Å². The van der Waals surface area contributed by atoms with E-state index in [9.17, 15) is 22.4 Å². The van der Waals surface area contributed by atoms with Crippen molar-refractivity contribution in [3.63, 3.8) is 0 Å². The predicted molar refractivity (Wildman–Crippen MR) is 109 cm³/mol. The van der Waals surface area contributed by atoms with Gasteiger partial charge in [-0.15, -0.1) is 4.40 Å². The number of hydrogen-bond acceptors (Lipinski definition) is 5. The Balaban J connectivity index is 1.60. The van der Waals surface area contributed by atoms with Gasteiger partial charge in [0.25, 0.3) is 10.0 Å². The lowest BCUT2D eigenvalue weighted by atomic mass is 10.1. The molecule has 2 amide bonds. The van der Waals surface area contributed by atoms with Gasteiger partial charge in [-0.25, -0.2) is 4.39 Å². The van der Waals surface area contributed by atoms with Crippen LogP contribution in [0, 0.1) is 5.82 Å². The van der Waals surface area contributed by atoms with Crippen LogP contribution in [0.15, 0.2) is 51.8 Å². The van der Waals surface area contributed by atoms with Crippen LogP contribution in [-0.4, -0.2) is 43.6 Å². The van der Waals surface area contributed by atoms with Gasteiger partial charge >= 0.3 is 0 Å². The van der Waals surface area contributed by atoms with Crippen molar-refractivity contribution in [2.24, 2.45) is 4.40 Å². The average Bonchev–Trinajstić information content (AvgIpc) is 3.27. The second-order valence-corrected chi connectivity index (χ2v) is 8.68. The molecule has 2 aliphatic heterocycles. The van der Waals surface area contributed by atoms with Gasteiger partial charge < -0.3 is 15.5 Å². The second-order valence-electron chi connectivity index (χ2n) is 7.10. The number of nitrogens with zero attached hydrogens (tertiary/aromatic N) is 2. The van der Waals surface area contributed by atoms with Crippen LogP contribution in [0.5, 0.6) is 0 Å². The van der Waals surface area contributed by atoms with E-state index in [1.165, 1.54) is 25.1 Å². The summed E-state index contributed by atoms with van der Waals surface area (Å²) in [5, 5.41) is 5.09. The van der Waals surface area contributed by atoms with Crippen LogP contribution in [0.25, 0.3) is 0 Å². The van der Waals surface area contributed by atoms with Gasteiger partial charge in [0.15, 0.2) is 5.84 Å². The van der Waals surface area contributed by atoms with E-state index in [2.05, 4.69) is 15.0 Å². The zero-order valence-electron chi connectivity index (χ0n) is 16.1. The highest BCUT2D eigenvalue weighted by Crippen LogP contribution is 2.31. The standard InChI is InChI=1S/C20H19FN4O4S/c1-12(26)22-13-8-9-15(21)16(11-13)23-20(27)17-6-4-10-25(17)19-14-5-2-3-7-18(14)30(28,29)24-19/h2-3,5,7-9,11,17H,4,6,10H2,1H3,(H,22,26)(H,23,27)/t17-/m0/s1. The number of benzene rings is 2. The van der Waals surface area contributed by atoms with Crippen molar-refractivity contribution in [2.45, 2.75) is 30.7 Å². The van der Waals surface area contributed by atoms with Gasteiger partial charge in [0.05, 0.1) is 5.69 Å². The maximum absolute atomic E-state index is 14.2. The monoisotopic (exact) mass is 430 g/mol. The zero-order chi connectivity index (χ0) is 21.5. The Labute approximate surface area is 172 Å². The Morgan fingerprint density at radius 3 is 2.70 bits per heavy atom. The van der Waals surface area contributed by atoms with Crippen LogP contribution >= 0.6 is 0 Å². The lowest BCUT2D eigenvalue weighted by Crippen LogP contribution is -2.43. The van der Waals surface area contributed by atoms with Crippen molar-refractivity contribution >= 4 is 39.0 Å². The van der Waals surface area contributed by atoms with Crippen molar-refractivity contribution in [1.82, 2.24) is 4.90 Å². The fourth-order valence-corrected chi connectivity index (χ4v) is 4.92. The van der Waals surface area contributed by atoms with Crippen LogP contribution in [0.4, 0.5) is 15.8 Å². The van der Waals surface area contributed by atoms with Gasteiger partial charge in [0.2, 0.25) is 11.8 Å². The van der Waals surface area contributed by atoms with Gasteiger partial charge in [0, 0.05) is 24.7 Å². The summed E-state index contributed by atoms with van der Waals surface area (Å²) in [5.74, 6) is -1.21. The van der Waals surface area contributed by atoms with E-state index in [4.69, 9.17) is 0 Å². The molecule has 1 fully saturated rings. The Bertz CT molecular complexity index is 1180. The number of amidine groups is 1. The molecule has 4 rings (SSSR count). The van der Waals surface area contributed by atoms with Crippen molar-refractivity contribution in [3.05, 3.63) is 53.8 Å². The molecule has 1 saturated heterocycles. The molecule has 1 atom stereocenters. The third-order valence-corrected chi connectivity index (χ3v) is 6.31. The molecule has 10 heteroatoms. The second kappa shape index (κ2) is 7.52. The Morgan fingerprint density at radius 2 is 1.93 bits per heavy atom. The molecule has 2 aromatic rings. The molecule has 0 aromatic heterocycles. The van der Waals surface area contributed by atoms with Crippen LogP contribution in [0.1, 0.15) is 25.3 Å². The molecular formula is C20H19FN4O4S. The first-order chi connectivity index (χ1) is 14.3. The normalized spacial score (nSPS) is 19.2. The maximum atomic E-state index is 14.2. The molecule has 2 heterocycles. The minimum atomic E-state index is -3.81. The number of fused-ring (bicyclic) bond motifs is 1. The minimum absolute atomic E-state index is 0.0699. The summed E-state index contributed by atoms with van der Waals surface area (Å²) in [6.45, 7) is 1.78. The molecule has 2 N–H and O–H groups in total. The van der Waals surface area contributed by atoms with Gasteiger partial charge in [-0.3, -0.25) is 9.59 Å². The topological polar surface area (TPSA) is 108 Å². The van der Waals surface area contributed by atoms with Gasteiger partial charge in [0.1, 0.15) is 16.8 Å². The Hall–Kier alpha value is -3.27. The van der Waals surface area contributed by atoms with Gasteiger partial charge in [-0.1, -0.05) is 12.1 Å². The lowest BCUT2D eigenvalue weighted by molar-refractivity contribution is -0.119. The van der Waals surface area contributed by atoms with Gasteiger partial charge in [-0.05, 0) is 43.2 Å². The summed E-state index contributed by atoms with van der Waals surface area (Å²) in [4.78, 5) is 25.9. The van der Waals surface area contributed by atoms with Gasteiger partial charge in [-0.2, -0.15) is 8.42 Å². The Kier molecular flexibility index (Phi) is 5.02. The minimum Gasteiger partial charge on any atom is -0.343 e. The average molecular weight is 430 g/mol. The highest BCUT2D eigenvalue weighted by molar-refractivity contribution is 7.90. The van der Waals surface area contributed by atoms with E-state index >= 15 is 0 Å². The van der Waals surface area contributed by atoms with E-state index in [1.807, 2.05) is 0 Å². The van der Waals surface area contributed by atoms with Crippen molar-refractivity contribution < 1.29 is 22.4 Å². The fourth-order valence-electron chi connectivity index (χ4n) is 3.71. The molecule has 0 spiro atoms. The van der Waals surface area contributed by atoms with Crippen LogP contribution in [0.2, 0.25) is 0 Å². The molecule has 0 radical (unpaired) electrons. The molecule has 30 heavy (non-hydrogen) atoms. The molecular weight excluding hydrogens is 411 g/mol. The number of carbonyl (C=O) groups excluding carboxylic acids is 2. The van der Waals surface area contributed by atoms with Crippen molar-refractivity contribution in [3.8, 4) is 0 Å². The van der Waals surface area contributed by atoms with Crippen LogP contribution in [-0.2, 0) is 19.6 Å². The number of likely N-dealkylation sites (tertiary alicyclic amines) is 1. The number of rotatable bonds is 3. The third-order valence-electron chi connectivity index (χ3n) is 4.98. The molecule has 156 valence electrons. The molecule has 0 unspecified atom stereocenters. The van der Waals surface area contributed by atoms with E-state index in [0.29, 0.717) is 30.6 Å². The fraction of sp³-hybridized carbons (Fsp3) is 0.250. The quantitative estimate of drug-likeness (QED) is 0.777. The van der Waals surface area contributed by atoms with Crippen LogP contribution < -0.4 is 10.6 Å². The highest BCUT2D eigenvalue weighted by atomic mass is 32.2. The molecule has 0 aliphatic carbocycles. The lowest BCUT2D eigenvalue weighted by Gasteiger charge is -2.25. The molecule has 0 saturated carbocycles. The summed E-state index contributed by atoms with van der Waals surface area (Å²) in [7, 11) is -3.81. The summed E-state index contributed by atoms with van der Waals surface area (Å²) < 4.78 is 42.8. The van der Waals surface area contributed by atoms with E-state index in [1.54, 1.807) is 23.1 Å². The SMILES string of the molecule is CC(=O)Nc1ccc(F)c(NC(=O)[C@@H]2CCCN2C2=NS(=O)(=O)c3ccccc32)c1. The predicted octanol–water partition coefficient (Wildman–Crippen LogP) is 2.34. The summed E-state index contributed by atoms with van der Waals surface area (Å²) in [6, 6.07) is 9.64. The Morgan fingerprint density at radius 1 is 1.17 bits per heavy atom. The number of sulfonamides is 1. The summed E-state index contributed by atoms with van der Waals surface area (Å²) in [6.07, 6.45) is 1.13. The number of hydrogen-bond donors (Lipinski definition) is 2. The van der Waals surface area contributed by atoms with Crippen LogP contribution in [0.3, 0.4) is 0 Å². The molecule has 0 bridgehead atoms. The summed E-state index contributed by atoms with van der Waals surface area (Å²) in [5.41, 5.74) is 0.734. The smallest absolute Gasteiger partial charge is 0.285 e. The molecule has 8 nitrogen and oxygen atoms in total. The zero-order valence-corrected chi connectivity index (χ0v) is 16.9. The number of halogens is 1. The molecule has 2 aliphatic rings. The summed E-state index contributed by atoms with van der Waals surface area (Å²) >= 11 is 0. The van der Waals surface area contributed by atoms with Crippen molar-refractivity contribution in [1.29, 1.82) is 0 Å². The first kappa shape index (κ1) is 20.0. The first-order valence-corrected chi connectivity index (χ1v) is 10.8.